The van der Waals surface area contributed by atoms with Crippen molar-refractivity contribution in [2.45, 2.75) is 64.5 Å². The summed E-state index contributed by atoms with van der Waals surface area (Å²) in [5.74, 6) is -0.177. The predicted octanol–water partition coefficient (Wildman–Crippen LogP) is 4.14. The second kappa shape index (κ2) is 10.2. The molecule has 2 unspecified atom stereocenters. The van der Waals surface area contributed by atoms with Crippen LogP contribution >= 0.6 is 0 Å². The average Bonchev–Trinajstić information content (AvgIpc) is 2.52. The molecule has 0 radical (unpaired) electrons. The molecule has 1 aromatic rings. The van der Waals surface area contributed by atoms with Gasteiger partial charge in [0, 0.05) is 12.0 Å². The molecule has 0 saturated carbocycles. The van der Waals surface area contributed by atoms with Crippen molar-refractivity contribution >= 4 is 5.91 Å². The normalized spacial score (nSPS) is 13.4. The van der Waals surface area contributed by atoms with Gasteiger partial charge in [-0.25, -0.2) is 0 Å². The molecule has 0 aromatic heterocycles. The summed E-state index contributed by atoms with van der Waals surface area (Å²) in [4.78, 5) is 12.1. The number of carbonyl (C=O) groups excluding carboxylic acids is 1. The zero-order valence-electron chi connectivity index (χ0n) is 13.8. The third-order valence-corrected chi connectivity index (χ3v) is 3.84. The minimum atomic E-state index is -0.470. The summed E-state index contributed by atoms with van der Waals surface area (Å²) in [5.41, 5.74) is 1.51. The molecule has 2 atom stereocenters. The van der Waals surface area contributed by atoms with Gasteiger partial charge in [-0.1, -0.05) is 69.5 Å². The van der Waals surface area contributed by atoms with Gasteiger partial charge in [-0.05, 0) is 18.9 Å². The highest BCUT2D eigenvalue weighted by Gasteiger charge is 2.15. The van der Waals surface area contributed by atoms with E-state index in [9.17, 15) is 9.90 Å². The third kappa shape index (κ3) is 6.90. The van der Waals surface area contributed by atoms with E-state index < -0.39 is 6.10 Å². The van der Waals surface area contributed by atoms with E-state index in [1.165, 1.54) is 12.8 Å². The molecule has 0 saturated heterocycles. The van der Waals surface area contributed by atoms with E-state index in [0.29, 0.717) is 12.0 Å². The molecular weight excluding hydrogens is 274 g/mol. The van der Waals surface area contributed by atoms with Gasteiger partial charge in [0.05, 0.1) is 12.1 Å². The summed E-state index contributed by atoms with van der Waals surface area (Å²) < 4.78 is 0. The highest BCUT2D eigenvalue weighted by atomic mass is 16.3. The lowest BCUT2D eigenvalue weighted by molar-refractivity contribution is -0.118. The van der Waals surface area contributed by atoms with E-state index in [0.717, 1.165) is 24.8 Å². The number of unbranched alkanes of at least 4 members (excludes halogenated alkanes) is 3. The van der Waals surface area contributed by atoms with Crippen LogP contribution in [0.25, 0.3) is 0 Å². The molecule has 0 aliphatic carbocycles. The van der Waals surface area contributed by atoms with E-state index in [4.69, 9.17) is 0 Å². The minimum Gasteiger partial charge on any atom is -0.393 e. The number of nitrogens with one attached hydrogen (secondary N) is 1. The Kier molecular flexibility index (Phi) is 8.53. The van der Waals surface area contributed by atoms with Gasteiger partial charge in [0.25, 0.3) is 0 Å². The van der Waals surface area contributed by atoms with E-state index >= 15 is 0 Å². The summed E-state index contributed by atoms with van der Waals surface area (Å²) in [5, 5.41) is 12.9. The SMILES string of the molecule is C=C(CC(O)CCCCCC)C(=O)NC(C)c1ccccc1. The zero-order chi connectivity index (χ0) is 16.4. The first-order valence-electron chi connectivity index (χ1n) is 8.26. The Hall–Kier alpha value is -1.61. The number of carbonyl (C=O) groups is 1. The maximum Gasteiger partial charge on any atom is 0.247 e. The van der Waals surface area contributed by atoms with E-state index in [2.05, 4.69) is 18.8 Å². The molecule has 0 aliphatic rings. The molecule has 2 N–H and O–H groups in total. The first-order valence-corrected chi connectivity index (χ1v) is 8.26. The Morgan fingerprint density at radius 3 is 2.55 bits per heavy atom. The van der Waals surface area contributed by atoms with Crippen LogP contribution in [0, 0.1) is 0 Å². The number of benzene rings is 1. The molecule has 122 valence electrons. The maximum atomic E-state index is 12.1. The van der Waals surface area contributed by atoms with Crippen LogP contribution in [0.4, 0.5) is 0 Å². The molecular formula is C19H29NO2. The first-order chi connectivity index (χ1) is 10.5. The van der Waals surface area contributed by atoms with Crippen molar-refractivity contribution in [2.24, 2.45) is 0 Å². The number of amides is 1. The fraction of sp³-hybridized carbons (Fsp3) is 0.526. The van der Waals surface area contributed by atoms with Crippen LogP contribution in [-0.4, -0.2) is 17.1 Å². The van der Waals surface area contributed by atoms with Crippen LogP contribution in [0.2, 0.25) is 0 Å². The third-order valence-electron chi connectivity index (χ3n) is 3.84. The number of hydrogen-bond donors (Lipinski definition) is 2. The zero-order valence-corrected chi connectivity index (χ0v) is 13.8. The number of aliphatic hydroxyl groups excluding tert-OH is 1. The summed E-state index contributed by atoms with van der Waals surface area (Å²) in [6.07, 6.45) is 5.13. The van der Waals surface area contributed by atoms with Gasteiger partial charge in [0.2, 0.25) is 5.91 Å². The lowest BCUT2D eigenvalue weighted by atomic mass is 10.0. The smallest absolute Gasteiger partial charge is 0.247 e. The van der Waals surface area contributed by atoms with Crippen LogP contribution in [0.3, 0.4) is 0 Å². The molecule has 1 rings (SSSR count). The number of rotatable bonds is 10. The van der Waals surface area contributed by atoms with Crippen LogP contribution in [0.5, 0.6) is 0 Å². The van der Waals surface area contributed by atoms with Gasteiger partial charge in [-0.15, -0.1) is 0 Å². The second-order valence-corrected chi connectivity index (χ2v) is 5.92. The van der Waals surface area contributed by atoms with Gasteiger partial charge in [-0.3, -0.25) is 4.79 Å². The van der Waals surface area contributed by atoms with Gasteiger partial charge < -0.3 is 10.4 Å². The summed E-state index contributed by atoms with van der Waals surface area (Å²) in [6.45, 7) is 7.92. The monoisotopic (exact) mass is 303 g/mol. The van der Waals surface area contributed by atoms with E-state index in [1.54, 1.807) is 0 Å². The van der Waals surface area contributed by atoms with Gasteiger partial charge in [0.1, 0.15) is 0 Å². The lowest BCUT2D eigenvalue weighted by Gasteiger charge is -2.17. The van der Waals surface area contributed by atoms with Gasteiger partial charge in [-0.2, -0.15) is 0 Å². The van der Waals surface area contributed by atoms with Crippen LogP contribution in [-0.2, 0) is 4.79 Å². The predicted molar refractivity (Wildman–Crippen MR) is 91.5 cm³/mol. The Bertz CT molecular complexity index is 456. The highest BCUT2D eigenvalue weighted by Crippen LogP contribution is 2.15. The molecule has 0 heterocycles. The molecule has 0 aliphatic heterocycles. The van der Waals surface area contributed by atoms with Crippen LogP contribution < -0.4 is 5.32 Å². The molecule has 22 heavy (non-hydrogen) atoms. The number of aliphatic hydroxyl groups is 1. The van der Waals surface area contributed by atoms with Crippen molar-refractivity contribution < 1.29 is 9.90 Å². The van der Waals surface area contributed by atoms with Crippen molar-refractivity contribution in [3.8, 4) is 0 Å². The van der Waals surface area contributed by atoms with E-state index in [-0.39, 0.29) is 11.9 Å². The van der Waals surface area contributed by atoms with E-state index in [1.807, 2.05) is 37.3 Å². The molecule has 1 amide bonds. The Balaban J connectivity index is 2.34. The van der Waals surface area contributed by atoms with Crippen molar-refractivity contribution in [2.75, 3.05) is 0 Å². The van der Waals surface area contributed by atoms with Crippen molar-refractivity contribution in [1.82, 2.24) is 5.32 Å². The van der Waals surface area contributed by atoms with Crippen molar-refractivity contribution in [3.05, 3.63) is 48.0 Å². The Morgan fingerprint density at radius 1 is 1.23 bits per heavy atom. The Morgan fingerprint density at radius 2 is 1.91 bits per heavy atom. The van der Waals surface area contributed by atoms with Crippen LogP contribution in [0.15, 0.2) is 42.5 Å². The summed E-state index contributed by atoms with van der Waals surface area (Å²) in [7, 11) is 0. The molecule has 3 heteroatoms. The Labute approximate surface area is 134 Å². The average molecular weight is 303 g/mol. The fourth-order valence-electron chi connectivity index (χ4n) is 2.41. The topological polar surface area (TPSA) is 49.3 Å². The molecule has 3 nitrogen and oxygen atoms in total. The largest absolute Gasteiger partial charge is 0.393 e. The molecule has 0 bridgehead atoms. The highest BCUT2D eigenvalue weighted by molar-refractivity contribution is 5.93. The first kappa shape index (κ1) is 18.4. The van der Waals surface area contributed by atoms with Gasteiger partial charge in [0.15, 0.2) is 0 Å². The fourth-order valence-corrected chi connectivity index (χ4v) is 2.41. The van der Waals surface area contributed by atoms with Crippen molar-refractivity contribution in [1.29, 1.82) is 0 Å². The molecule has 0 spiro atoms. The maximum absolute atomic E-state index is 12.1. The molecule has 0 fully saturated rings. The summed E-state index contributed by atoms with van der Waals surface area (Å²) >= 11 is 0. The second-order valence-electron chi connectivity index (χ2n) is 5.92. The van der Waals surface area contributed by atoms with Gasteiger partial charge >= 0.3 is 0 Å². The van der Waals surface area contributed by atoms with Crippen LogP contribution in [0.1, 0.15) is 64.0 Å². The summed E-state index contributed by atoms with van der Waals surface area (Å²) in [6, 6.07) is 9.75. The standard InChI is InChI=1S/C19H29NO2/c1-4-5-6-10-13-18(21)14-15(2)19(22)20-16(3)17-11-8-7-9-12-17/h7-9,11-12,16,18,21H,2,4-6,10,13-14H2,1,3H3,(H,20,22). The lowest BCUT2D eigenvalue weighted by Crippen LogP contribution is -2.29. The van der Waals surface area contributed by atoms with Crippen molar-refractivity contribution in [3.63, 3.8) is 0 Å². The number of hydrogen-bond acceptors (Lipinski definition) is 2. The minimum absolute atomic E-state index is 0.0628. The quantitative estimate of drug-likeness (QED) is 0.504. The molecule has 1 aromatic carbocycles.